The Labute approximate surface area is 158 Å². The molecule has 1 fully saturated rings. The summed E-state index contributed by atoms with van der Waals surface area (Å²) >= 11 is 6.46. The lowest BCUT2D eigenvalue weighted by Crippen LogP contribution is -2.41. The van der Waals surface area contributed by atoms with Gasteiger partial charge in [0.25, 0.3) is 0 Å². The Balaban J connectivity index is 1.86. The molecule has 2 aromatic rings. The summed E-state index contributed by atoms with van der Waals surface area (Å²) in [5.74, 6) is 0.515. The van der Waals surface area contributed by atoms with E-state index in [2.05, 4.69) is 26.5 Å². The Hall–Kier alpha value is -2.20. The average molecular weight is 372 g/mol. The number of nitrogens with one attached hydrogen (secondary N) is 1. The molecule has 0 aliphatic carbocycles. The molecular weight excluding hydrogens is 350 g/mol. The van der Waals surface area contributed by atoms with E-state index < -0.39 is 0 Å². The molecule has 1 aromatic carbocycles. The first-order valence-electron chi connectivity index (χ1n) is 8.66. The maximum atomic E-state index is 9.49. The van der Waals surface area contributed by atoms with Gasteiger partial charge in [-0.15, -0.1) is 5.10 Å². The molecule has 0 saturated carbocycles. The van der Waals surface area contributed by atoms with Gasteiger partial charge >= 0.3 is 0 Å². The molecule has 0 radical (unpaired) electrons. The van der Waals surface area contributed by atoms with E-state index >= 15 is 0 Å². The first kappa shape index (κ1) is 18.6. The van der Waals surface area contributed by atoms with E-state index in [1.165, 1.54) is 0 Å². The number of hydrogen-bond donors (Lipinski definition) is 1. The fourth-order valence-corrected chi connectivity index (χ4v) is 3.39. The number of morpholine rings is 1. The van der Waals surface area contributed by atoms with Gasteiger partial charge in [0, 0.05) is 24.7 Å². The third kappa shape index (κ3) is 3.96. The van der Waals surface area contributed by atoms with E-state index in [1.807, 2.05) is 38.1 Å². The van der Waals surface area contributed by atoms with Crippen molar-refractivity contribution >= 4 is 17.4 Å². The summed E-state index contributed by atoms with van der Waals surface area (Å²) in [6.07, 6.45) is 0. The number of ether oxygens (including phenoxy) is 1. The van der Waals surface area contributed by atoms with Crippen LogP contribution in [0.15, 0.2) is 24.3 Å². The molecule has 0 bridgehead atoms. The molecule has 1 unspecified atom stereocenters. The third-order valence-electron chi connectivity index (χ3n) is 4.78. The van der Waals surface area contributed by atoms with Crippen molar-refractivity contribution in [2.45, 2.75) is 19.9 Å². The highest BCUT2D eigenvalue weighted by Crippen LogP contribution is 2.29. The van der Waals surface area contributed by atoms with Crippen LogP contribution in [0.25, 0.3) is 0 Å². The molecule has 1 N–H and O–H groups in total. The van der Waals surface area contributed by atoms with E-state index in [0.717, 1.165) is 34.9 Å². The Kier molecular flexibility index (Phi) is 6.04. The highest BCUT2D eigenvalue weighted by atomic mass is 35.5. The number of nitrogens with zero attached hydrogens (tertiary/aromatic N) is 4. The maximum Gasteiger partial charge on any atom is 0.167 e. The van der Waals surface area contributed by atoms with E-state index in [0.29, 0.717) is 31.1 Å². The molecule has 1 aromatic heterocycles. The molecule has 0 amide bonds. The predicted molar refractivity (Wildman–Crippen MR) is 101 cm³/mol. The summed E-state index contributed by atoms with van der Waals surface area (Å²) in [7, 11) is 0. The van der Waals surface area contributed by atoms with Crippen molar-refractivity contribution in [3.05, 3.63) is 51.7 Å². The molecule has 26 heavy (non-hydrogen) atoms. The van der Waals surface area contributed by atoms with E-state index in [4.69, 9.17) is 16.3 Å². The van der Waals surface area contributed by atoms with Gasteiger partial charge in [-0.1, -0.05) is 29.8 Å². The average Bonchev–Trinajstić information content (AvgIpc) is 2.67. The summed E-state index contributed by atoms with van der Waals surface area (Å²) in [5.41, 5.74) is 3.21. The first-order valence-corrected chi connectivity index (χ1v) is 9.03. The molecule has 1 saturated heterocycles. The third-order valence-corrected chi connectivity index (χ3v) is 5.12. The molecule has 3 rings (SSSR count). The Morgan fingerprint density at radius 1 is 1.27 bits per heavy atom. The number of aryl methyl sites for hydroxylation is 1. The number of anilines is 1. The summed E-state index contributed by atoms with van der Waals surface area (Å²) in [4.78, 5) is 2.35. The smallest absolute Gasteiger partial charge is 0.167 e. The monoisotopic (exact) mass is 371 g/mol. The molecule has 7 heteroatoms. The minimum Gasteiger partial charge on any atom is -0.379 e. The van der Waals surface area contributed by atoms with Crippen molar-refractivity contribution in [2.75, 3.05) is 38.2 Å². The largest absolute Gasteiger partial charge is 0.379 e. The summed E-state index contributed by atoms with van der Waals surface area (Å²) in [6, 6.07) is 10.2. The quantitative estimate of drug-likeness (QED) is 0.870. The lowest BCUT2D eigenvalue weighted by Gasteiger charge is -2.35. The van der Waals surface area contributed by atoms with Crippen LogP contribution in [0.1, 0.15) is 28.4 Å². The Bertz CT molecular complexity index is 814. The molecule has 1 atom stereocenters. The zero-order valence-corrected chi connectivity index (χ0v) is 15.8. The number of nitriles is 1. The number of halogens is 1. The second-order valence-electron chi connectivity index (χ2n) is 6.31. The van der Waals surface area contributed by atoms with Crippen molar-refractivity contribution in [3.8, 4) is 6.07 Å². The van der Waals surface area contributed by atoms with Crippen LogP contribution < -0.4 is 5.32 Å². The maximum absolute atomic E-state index is 9.49. The number of aromatic nitrogens is 2. The van der Waals surface area contributed by atoms with Crippen LogP contribution in [0.2, 0.25) is 5.02 Å². The minimum absolute atomic E-state index is 0.0579. The number of benzene rings is 1. The topological polar surface area (TPSA) is 74.1 Å². The Morgan fingerprint density at radius 2 is 2.00 bits per heavy atom. The SMILES string of the molecule is Cc1nnc(NCC(c2ccccc2Cl)N2CCOCC2)c(C#N)c1C. The summed E-state index contributed by atoms with van der Waals surface area (Å²) in [6.45, 7) is 7.40. The van der Waals surface area contributed by atoms with Crippen LogP contribution >= 0.6 is 11.6 Å². The fraction of sp³-hybridized carbons (Fsp3) is 0.421. The van der Waals surface area contributed by atoms with Crippen LogP contribution in [0, 0.1) is 25.2 Å². The van der Waals surface area contributed by atoms with Crippen molar-refractivity contribution < 1.29 is 4.74 Å². The standard InChI is InChI=1S/C19H22ClN5O/c1-13-14(2)23-24-19(16(13)11-21)22-12-18(25-7-9-26-10-8-25)15-5-3-4-6-17(15)20/h3-6,18H,7-10,12H2,1-2H3,(H,22,24). The van der Waals surface area contributed by atoms with Gasteiger partial charge in [0.15, 0.2) is 5.82 Å². The van der Waals surface area contributed by atoms with Gasteiger partial charge in [0.1, 0.15) is 11.6 Å². The van der Waals surface area contributed by atoms with Crippen LogP contribution in [-0.2, 0) is 4.74 Å². The molecule has 2 heterocycles. The zero-order chi connectivity index (χ0) is 18.5. The molecule has 1 aliphatic rings. The first-order chi connectivity index (χ1) is 12.6. The minimum atomic E-state index is 0.0579. The molecule has 0 spiro atoms. The van der Waals surface area contributed by atoms with Gasteiger partial charge in [-0.2, -0.15) is 10.4 Å². The van der Waals surface area contributed by atoms with Crippen molar-refractivity contribution in [1.82, 2.24) is 15.1 Å². The number of rotatable bonds is 5. The van der Waals surface area contributed by atoms with Crippen LogP contribution in [0.5, 0.6) is 0 Å². The van der Waals surface area contributed by atoms with Gasteiger partial charge in [0.05, 0.1) is 24.9 Å². The predicted octanol–water partition coefficient (Wildman–Crippen LogP) is 3.10. The molecular formula is C19H22ClN5O. The summed E-state index contributed by atoms with van der Waals surface area (Å²) < 4.78 is 5.48. The second kappa shape index (κ2) is 8.45. The Morgan fingerprint density at radius 3 is 2.69 bits per heavy atom. The van der Waals surface area contributed by atoms with Crippen LogP contribution in [0.4, 0.5) is 5.82 Å². The zero-order valence-electron chi connectivity index (χ0n) is 15.0. The van der Waals surface area contributed by atoms with Gasteiger partial charge in [-0.25, -0.2) is 0 Å². The molecule has 1 aliphatic heterocycles. The van der Waals surface area contributed by atoms with Gasteiger partial charge < -0.3 is 10.1 Å². The van der Waals surface area contributed by atoms with Crippen molar-refractivity contribution in [2.24, 2.45) is 0 Å². The van der Waals surface area contributed by atoms with Gasteiger partial charge in [-0.3, -0.25) is 4.90 Å². The molecule has 136 valence electrons. The fourth-order valence-electron chi connectivity index (χ4n) is 3.13. The lowest BCUT2D eigenvalue weighted by atomic mass is 10.0. The normalized spacial score (nSPS) is 16.1. The highest BCUT2D eigenvalue weighted by molar-refractivity contribution is 6.31. The van der Waals surface area contributed by atoms with E-state index in [9.17, 15) is 5.26 Å². The second-order valence-corrected chi connectivity index (χ2v) is 6.72. The van der Waals surface area contributed by atoms with Crippen LogP contribution in [-0.4, -0.2) is 47.9 Å². The highest BCUT2D eigenvalue weighted by Gasteiger charge is 2.25. The van der Waals surface area contributed by atoms with E-state index in [-0.39, 0.29) is 6.04 Å². The lowest BCUT2D eigenvalue weighted by molar-refractivity contribution is 0.0187. The van der Waals surface area contributed by atoms with Crippen LogP contribution in [0.3, 0.4) is 0 Å². The van der Waals surface area contributed by atoms with Crippen molar-refractivity contribution in [3.63, 3.8) is 0 Å². The summed E-state index contributed by atoms with van der Waals surface area (Å²) in [5, 5.41) is 21.9. The van der Waals surface area contributed by atoms with Gasteiger partial charge in [0.2, 0.25) is 0 Å². The van der Waals surface area contributed by atoms with Crippen molar-refractivity contribution in [1.29, 1.82) is 5.26 Å². The molecule has 6 nitrogen and oxygen atoms in total. The number of hydrogen-bond acceptors (Lipinski definition) is 6. The van der Waals surface area contributed by atoms with E-state index in [1.54, 1.807) is 0 Å². The van der Waals surface area contributed by atoms with Gasteiger partial charge in [-0.05, 0) is 31.0 Å².